The first kappa shape index (κ1) is 19.4. The summed E-state index contributed by atoms with van der Waals surface area (Å²) in [4.78, 5) is 20.3. The molecular formula is C24H27N3O2. The molecule has 3 heterocycles. The van der Waals surface area contributed by atoms with Crippen LogP contribution >= 0.6 is 0 Å². The van der Waals surface area contributed by atoms with Crippen molar-refractivity contribution in [2.24, 2.45) is 0 Å². The van der Waals surface area contributed by atoms with E-state index in [9.17, 15) is 9.90 Å². The number of hydrogen-bond donors (Lipinski definition) is 1. The van der Waals surface area contributed by atoms with E-state index in [-0.39, 0.29) is 17.4 Å². The minimum Gasteiger partial charge on any atom is -0.507 e. The van der Waals surface area contributed by atoms with Crippen LogP contribution in [-0.4, -0.2) is 32.6 Å². The van der Waals surface area contributed by atoms with Crippen molar-refractivity contribution in [2.75, 3.05) is 13.1 Å². The lowest BCUT2D eigenvalue weighted by Gasteiger charge is -2.35. The van der Waals surface area contributed by atoms with Crippen LogP contribution in [0.3, 0.4) is 0 Å². The Balaban J connectivity index is 1.84. The van der Waals surface area contributed by atoms with Gasteiger partial charge in [0.25, 0.3) is 5.56 Å². The maximum absolute atomic E-state index is 13.6. The third kappa shape index (κ3) is 4.10. The summed E-state index contributed by atoms with van der Waals surface area (Å²) in [5.74, 6) is 0.0733. The summed E-state index contributed by atoms with van der Waals surface area (Å²) in [5, 5.41) is 10.9. The maximum atomic E-state index is 13.6. The molecule has 0 radical (unpaired) electrons. The van der Waals surface area contributed by atoms with Crippen LogP contribution in [0.25, 0.3) is 0 Å². The van der Waals surface area contributed by atoms with Crippen molar-refractivity contribution in [3.8, 4) is 5.75 Å². The molecule has 150 valence electrons. The van der Waals surface area contributed by atoms with Gasteiger partial charge in [-0.2, -0.15) is 0 Å². The molecule has 1 saturated heterocycles. The van der Waals surface area contributed by atoms with Crippen molar-refractivity contribution in [1.82, 2.24) is 14.5 Å². The van der Waals surface area contributed by atoms with Gasteiger partial charge < -0.3 is 9.67 Å². The van der Waals surface area contributed by atoms with Gasteiger partial charge in [0.1, 0.15) is 5.75 Å². The van der Waals surface area contributed by atoms with Crippen LogP contribution in [0.15, 0.2) is 65.6 Å². The van der Waals surface area contributed by atoms with E-state index >= 15 is 0 Å². The first-order valence-electron chi connectivity index (χ1n) is 10.3. The van der Waals surface area contributed by atoms with E-state index in [1.54, 1.807) is 16.8 Å². The Kier molecular flexibility index (Phi) is 5.76. The lowest BCUT2D eigenvalue weighted by atomic mass is 9.94. The highest BCUT2D eigenvalue weighted by molar-refractivity contribution is 5.41. The molecule has 3 aromatic rings. The number of benzene rings is 1. The van der Waals surface area contributed by atoms with Crippen LogP contribution in [-0.2, 0) is 6.54 Å². The molecule has 1 aliphatic rings. The first-order chi connectivity index (χ1) is 14.1. The van der Waals surface area contributed by atoms with Crippen LogP contribution in [0.1, 0.15) is 47.8 Å². The van der Waals surface area contributed by atoms with Crippen LogP contribution in [0, 0.1) is 6.92 Å². The molecule has 1 aromatic carbocycles. The fourth-order valence-electron chi connectivity index (χ4n) is 4.25. The summed E-state index contributed by atoms with van der Waals surface area (Å²) in [5.41, 5.74) is 2.90. The molecule has 1 aliphatic heterocycles. The van der Waals surface area contributed by atoms with Gasteiger partial charge >= 0.3 is 0 Å². The molecule has 0 unspecified atom stereocenters. The van der Waals surface area contributed by atoms with E-state index in [0.29, 0.717) is 12.1 Å². The highest BCUT2D eigenvalue weighted by Crippen LogP contribution is 2.34. The molecule has 0 amide bonds. The van der Waals surface area contributed by atoms with Crippen LogP contribution in [0.2, 0.25) is 0 Å². The summed E-state index contributed by atoms with van der Waals surface area (Å²) in [6, 6.07) is 17.2. The molecule has 4 rings (SSSR count). The largest absolute Gasteiger partial charge is 0.507 e. The topological polar surface area (TPSA) is 58.4 Å². The zero-order valence-corrected chi connectivity index (χ0v) is 16.8. The molecule has 0 saturated carbocycles. The average molecular weight is 389 g/mol. The van der Waals surface area contributed by atoms with Crippen molar-refractivity contribution < 1.29 is 5.11 Å². The van der Waals surface area contributed by atoms with Crippen LogP contribution in [0.5, 0.6) is 5.75 Å². The van der Waals surface area contributed by atoms with Gasteiger partial charge in [0.2, 0.25) is 0 Å². The Labute approximate surface area is 171 Å². The molecule has 0 spiro atoms. The predicted molar refractivity (Wildman–Crippen MR) is 114 cm³/mol. The molecule has 0 aliphatic carbocycles. The lowest BCUT2D eigenvalue weighted by molar-refractivity contribution is 0.183. The molecule has 2 aromatic heterocycles. The van der Waals surface area contributed by atoms with Gasteiger partial charge in [-0.05, 0) is 56.6 Å². The number of rotatable bonds is 5. The average Bonchev–Trinajstić information content (AvgIpc) is 2.76. The van der Waals surface area contributed by atoms with Crippen LogP contribution < -0.4 is 5.56 Å². The SMILES string of the molecule is Cc1cc(O)c([C@H](c2ccccc2)N2CCCCC2)c(=O)n1Cc1ccccn1. The number of hydrogen-bond acceptors (Lipinski definition) is 4. The minimum atomic E-state index is -0.250. The van der Waals surface area contributed by atoms with Crippen molar-refractivity contribution in [3.63, 3.8) is 0 Å². The number of aromatic hydroxyl groups is 1. The highest BCUT2D eigenvalue weighted by atomic mass is 16.3. The van der Waals surface area contributed by atoms with E-state index in [2.05, 4.69) is 9.88 Å². The second-order valence-electron chi connectivity index (χ2n) is 7.71. The van der Waals surface area contributed by atoms with Gasteiger partial charge in [-0.3, -0.25) is 14.7 Å². The highest BCUT2D eigenvalue weighted by Gasteiger charge is 2.29. The Morgan fingerprint density at radius 1 is 1.03 bits per heavy atom. The number of aryl methyl sites for hydroxylation is 1. The summed E-state index contributed by atoms with van der Waals surface area (Å²) in [6.07, 6.45) is 5.16. The second kappa shape index (κ2) is 8.62. The van der Waals surface area contributed by atoms with Crippen molar-refractivity contribution in [3.05, 3.63) is 93.7 Å². The van der Waals surface area contributed by atoms with Crippen molar-refractivity contribution >= 4 is 0 Å². The van der Waals surface area contributed by atoms with Gasteiger partial charge in [0.05, 0.1) is 23.8 Å². The smallest absolute Gasteiger partial charge is 0.260 e. The standard InChI is InChI=1S/C24H27N3O2/c1-18-16-21(28)22(24(29)27(18)17-20-12-6-7-13-25-20)23(19-10-4-2-5-11-19)26-14-8-3-9-15-26/h2,4-7,10-13,16,23,28H,3,8-9,14-15,17H2,1H3/t23-/m0/s1. The molecule has 5 nitrogen and oxygen atoms in total. The second-order valence-corrected chi connectivity index (χ2v) is 7.71. The van der Waals surface area contributed by atoms with Gasteiger partial charge in [-0.15, -0.1) is 0 Å². The molecular weight excluding hydrogens is 362 g/mol. The number of aromatic nitrogens is 2. The van der Waals surface area contributed by atoms with Crippen molar-refractivity contribution in [1.29, 1.82) is 0 Å². The molecule has 1 fully saturated rings. The van der Waals surface area contributed by atoms with Crippen molar-refractivity contribution in [2.45, 2.75) is 38.8 Å². The lowest BCUT2D eigenvalue weighted by Crippen LogP contribution is -2.38. The summed E-state index contributed by atoms with van der Waals surface area (Å²) < 4.78 is 1.72. The predicted octanol–water partition coefficient (Wildman–Crippen LogP) is 3.88. The van der Waals surface area contributed by atoms with E-state index in [4.69, 9.17) is 0 Å². The number of nitrogens with zero attached hydrogens (tertiary/aromatic N) is 3. The molecule has 29 heavy (non-hydrogen) atoms. The van der Waals surface area contributed by atoms with Gasteiger partial charge in [-0.1, -0.05) is 42.8 Å². The van der Waals surface area contributed by atoms with Crippen LogP contribution in [0.4, 0.5) is 0 Å². The minimum absolute atomic E-state index is 0.0733. The van der Waals surface area contributed by atoms with Gasteiger partial charge in [0, 0.05) is 11.9 Å². The van der Waals surface area contributed by atoms with E-state index in [1.165, 1.54) is 6.42 Å². The fourth-order valence-corrected chi connectivity index (χ4v) is 4.25. The molecule has 5 heteroatoms. The van der Waals surface area contributed by atoms with E-state index < -0.39 is 0 Å². The first-order valence-corrected chi connectivity index (χ1v) is 10.3. The summed E-state index contributed by atoms with van der Waals surface area (Å²) >= 11 is 0. The zero-order valence-electron chi connectivity index (χ0n) is 16.8. The van der Waals surface area contributed by atoms with Gasteiger partial charge in [0.15, 0.2) is 0 Å². The third-order valence-corrected chi connectivity index (χ3v) is 5.71. The van der Waals surface area contributed by atoms with E-state index in [0.717, 1.165) is 42.9 Å². The monoisotopic (exact) mass is 389 g/mol. The molecule has 0 bridgehead atoms. The van der Waals surface area contributed by atoms with E-state index in [1.807, 2.05) is 55.5 Å². The molecule has 1 N–H and O–H groups in total. The zero-order chi connectivity index (χ0) is 20.2. The summed E-state index contributed by atoms with van der Waals surface area (Å²) in [6.45, 7) is 4.09. The number of piperidine rings is 1. The third-order valence-electron chi connectivity index (χ3n) is 5.71. The Bertz CT molecular complexity index is 1010. The number of likely N-dealkylation sites (tertiary alicyclic amines) is 1. The Morgan fingerprint density at radius 2 is 1.76 bits per heavy atom. The summed E-state index contributed by atoms with van der Waals surface area (Å²) in [7, 11) is 0. The number of pyridine rings is 2. The Hall–Kier alpha value is -2.92. The van der Waals surface area contributed by atoms with Gasteiger partial charge in [-0.25, -0.2) is 0 Å². The maximum Gasteiger partial charge on any atom is 0.260 e. The molecule has 1 atom stereocenters. The fraction of sp³-hybridized carbons (Fsp3) is 0.333. The quantitative estimate of drug-likeness (QED) is 0.719. The normalized spacial score (nSPS) is 15.9. The Morgan fingerprint density at radius 3 is 2.45 bits per heavy atom.